The van der Waals surface area contributed by atoms with Gasteiger partial charge in [-0.05, 0) is 18.2 Å². The number of carboxylic acids is 1. The van der Waals surface area contributed by atoms with Crippen LogP contribution in [0.1, 0.15) is 6.42 Å². The predicted molar refractivity (Wildman–Crippen MR) is 59.4 cm³/mol. The molecule has 1 atom stereocenters. The molecule has 0 saturated carbocycles. The summed E-state index contributed by atoms with van der Waals surface area (Å²) in [4.78, 5) is 22.0. The Morgan fingerprint density at radius 2 is 2.31 bits per heavy atom. The third-order valence-corrected chi connectivity index (χ3v) is 2.61. The van der Waals surface area contributed by atoms with Crippen LogP contribution < -0.4 is 10.1 Å². The van der Waals surface area contributed by atoms with Crippen molar-refractivity contribution in [3.8, 4) is 5.75 Å². The minimum absolute atomic E-state index is 0.346. The van der Waals surface area contributed by atoms with E-state index in [1.54, 1.807) is 18.2 Å². The monoisotopic (exact) mass is 285 g/mol. The second kappa shape index (κ2) is 4.13. The van der Waals surface area contributed by atoms with E-state index in [0.717, 1.165) is 4.47 Å². The number of hydrogen-bond donors (Lipinski definition) is 2. The topological polar surface area (TPSA) is 75.6 Å². The SMILES string of the molecule is O=C(O)CC1Oc2ccc(Br)cc2NC1=O. The van der Waals surface area contributed by atoms with E-state index in [4.69, 9.17) is 9.84 Å². The number of nitrogens with one attached hydrogen (secondary N) is 1. The number of rotatable bonds is 2. The summed E-state index contributed by atoms with van der Waals surface area (Å²) >= 11 is 3.26. The Labute approximate surface area is 99.5 Å². The first-order chi connectivity index (χ1) is 7.56. The Hall–Kier alpha value is -1.56. The van der Waals surface area contributed by atoms with E-state index in [0.29, 0.717) is 11.4 Å². The van der Waals surface area contributed by atoms with Crippen LogP contribution in [0, 0.1) is 0 Å². The van der Waals surface area contributed by atoms with Crippen molar-refractivity contribution in [1.82, 2.24) is 0 Å². The molecule has 2 N–H and O–H groups in total. The molecule has 1 aliphatic rings. The molecule has 0 fully saturated rings. The maximum Gasteiger partial charge on any atom is 0.307 e. The molecule has 5 nitrogen and oxygen atoms in total. The fourth-order valence-corrected chi connectivity index (χ4v) is 1.78. The number of carbonyl (C=O) groups excluding carboxylic acids is 1. The molecule has 1 amide bonds. The van der Waals surface area contributed by atoms with Crippen molar-refractivity contribution in [3.05, 3.63) is 22.7 Å². The van der Waals surface area contributed by atoms with Crippen LogP contribution in [0.2, 0.25) is 0 Å². The van der Waals surface area contributed by atoms with Gasteiger partial charge in [-0.2, -0.15) is 0 Å². The van der Waals surface area contributed by atoms with Gasteiger partial charge in [0.15, 0.2) is 6.10 Å². The highest BCUT2D eigenvalue weighted by molar-refractivity contribution is 9.10. The van der Waals surface area contributed by atoms with Crippen LogP contribution in [-0.4, -0.2) is 23.1 Å². The summed E-state index contributed by atoms with van der Waals surface area (Å²) < 4.78 is 6.11. The molecule has 0 radical (unpaired) electrons. The Kier molecular flexibility index (Phi) is 2.82. The van der Waals surface area contributed by atoms with Crippen molar-refractivity contribution in [2.24, 2.45) is 0 Å². The van der Waals surface area contributed by atoms with Crippen molar-refractivity contribution in [2.75, 3.05) is 5.32 Å². The van der Waals surface area contributed by atoms with Crippen molar-refractivity contribution in [2.45, 2.75) is 12.5 Å². The summed E-state index contributed by atoms with van der Waals surface area (Å²) in [5.41, 5.74) is 0.543. The number of hydrogen-bond acceptors (Lipinski definition) is 3. The number of aliphatic carboxylic acids is 1. The van der Waals surface area contributed by atoms with Gasteiger partial charge in [0.2, 0.25) is 0 Å². The predicted octanol–water partition coefficient (Wildman–Crippen LogP) is 1.62. The van der Waals surface area contributed by atoms with Crippen LogP contribution in [0.3, 0.4) is 0 Å². The Morgan fingerprint density at radius 1 is 1.56 bits per heavy atom. The lowest BCUT2D eigenvalue weighted by Crippen LogP contribution is -2.38. The van der Waals surface area contributed by atoms with Gasteiger partial charge in [0.05, 0.1) is 12.1 Å². The van der Waals surface area contributed by atoms with Gasteiger partial charge in [-0.15, -0.1) is 0 Å². The molecular formula is C10H8BrNO4. The molecule has 1 heterocycles. The summed E-state index contributed by atoms with van der Waals surface area (Å²) in [6, 6.07) is 5.13. The summed E-state index contributed by atoms with van der Waals surface area (Å²) in [7, 11) is 0. The first-order valence-corrected chi connectivity index (χ1v) is 5.34. The minimum Gasteiger partial charge on any atom is -0.481 e. The quantitative estimate of drug-likeness (QED) is 0.866. The third kappa shape index (κ3) is 2.16. The molecule has 1 aromatic rings. The van der Waals surface area contributed by atoms with Crippen LogP contribution >= 0.6 is 15.9 Å². The van der Waals surface area contributed by atoms with Crippen LogP contribution in [0.15, 0.2) is 22.7 Å². The van der Waals surface area contributed by atoms with Crippen LogP contribution in [0.25, 0.3) is 0 Å². The molecule has 0 spiro atoms. The Balaban J connectivity index is 2.25. The number of ether oxygens (including phenoxy) is 1. The second-order valence-corrected chi connectivity index (χ2v) is 4.25. The third-order valence-electron chi connectivity index (χ3n) is 2.12. The van der Waals surface area contributed by atoms with Crippen molar-refractivity contribution < 1.29 is 19.4 Å². The van der Waals surface area contributed by atoms with Gasteiger partial charge in [0.25, 0.3) is 5.91 Å². The van der Waals surface area contributed by atoms with E-state index in [9.17, 15) is 9.59 Å². The first-order valence-electron chi connectivity index (χ1n) is 4.55. The van der Waals surface area contributed by atoms with Gasteiger partial charge >= 0.3 is 5.97 Å². The standard InChI is InChI=1S/C10H8BrNO4/c11-5-1-2-7-6(3-5)12-10(15)8(16-7)4-9(13)14/h1-3,8H,4H2,(H,12,15)(H,13,14). The molecule has 1 unspecified atom stereocenters. The molecule has 6 heteroatoms. The highest BCUT2D eigenvalue weighted by Gasteiger charge is 2.29. The molecule has 1 aromatic carbocycles. The molecule has 16 heavy (non-hydrogen) atoms. The highest BCUT2D eigenvalue weighted by Crippen LogP contribution is 2.32. The van der Waals surface area contributed by atoms with Gasteiger partial charge in [-0.3, -0.25) is 9.59 Å². The van der Waals surface area contributed by atoms with E-state index >= 15 is 0 Å². The fourth-order valence-electron chi connectivity index (χ4n) is 1.42. The number of carbonyl (C=O) groups is 2. The molecule has 0 bridgehead atoms. The fraction of sp³-hybridized carbons (Fsp3) is 0.200. The van der Waals surface area contributed by atoms with Crippen LogP contribution in [0.4, 0.5) is 5.69 Å². The molecular weight excluding hydrogens is 278 g/mol. The van der Waals surface area contributed by atoms with Gasteiger partial charge in [0, 0.05) is 4.47 Å². The van der Waals surface area contributed by atoms with Crippen LogP contribution in [0.5, 0.6) is 5.75 Å². The number of amides is 1. The van der Waals surface area contributed by atoms with Crippen LogP contribution in [-0.2, 0) is 9.59 Å². The second-order valence-electron chi connectivity index (χ2n) is 3.33. The molecule has 1 aliphatic heterocycles. The maximum atomic E-state index is 11.5. The van der Waals surface area contributed by atoms with Gasteiger partial charge in [-0.1, -0.05) is 15.9 Å². The number of anilines is 1. The normalized spacial score (nSPS) is 18.3. The van der Waals surface area contributed by atoms with E-state index in [1.807, 2.05) is 0 Å². The summed E-state index contributed by atoms with van der Waals surface area (Å²) in [6.45, 7) is 0. The van der Waals surface area contributed by atoms with E-state index in [-0.39, 0.29) is 6.42 Å². The van der Waals surface area contributed by atoms with Crippen molar-refractivity contribution in [3.63, 3.8) is 0 Å². The largest absolute Gasteiger partial charge is 0.481 e. The summed E-state index contributed by atoms with van der Waals surface area (Å²) in [5, 5.41) is 11.2. The lowest BCUT2D eigenvalue weighted by Gasteiger charge is -2.24. The molecule has 0 aliphatic carbocycles. The van der Waals surface area contributed by atoms with Gasteiger partial charge in [-0.25, -0.2) is 0 Å². The number of benzene rings is 1. The Bertz CT molecular complexity index is 460. The van der Waals surface area contributed by atoms with Gasteiger partial charge < -0.3 is 15.2 Å². The highest BCUT2D eigenvalue weighted by atomic mass is 79.9. The first kappa shape index (κ1) is 10.9. The number of fused-ring (bicyclic) bond motifs is 1. The van der Waals surface area contributed by atoms with E-state index < -0.39 is 18.0 Å². The summed E-state index contributed by atoms with van der Waals surface area (Å²) in [6.07, 6.45) is -1.31. The zero-order valence-corrected chi connectivity index (χ0v) is 9.65. The van der Waals surface area contributed by atoms with Crippen molar-refractivity contribution in [1.29, 1.82) is 0 Å². The summed E-state index contributed by atoms with van der Waals surface area (Å²) in [5.74, 6) is -1.03. The lowest BCUT2D eigenvalue weighted by atomic mass is 10.2. The average molecular weight is 286 g/mol. The van der Waals surface area contributed by atoms with E-state index in [1.165, 1.54) is 0 Å². The molecule has 2 rings (SSSR count). The van der Waals surface area contributed by atoms with Gasteiger partial charge in [0.1, 0.15) is 5.75 Å². The Morgan fingerprint density at radius 3 is 3.00 bits per heavy atom. The maximum absolute atomic E-state index is 11.5. The molecule has 84 valence electrons. The number of carboxylic acid groups (broad SMARTS) is 1. The lowest BCUT2D eigenvalue weighted by molar-refractivity contribution is -0.142. The zero-order chi connectivity index (χ0) is 11.7. The number of halogens is 1. The molecule has 0 aromatic heterocycles. The zero-order valence-electron chi connectivity index (χ0n) is 8.07. The smallest absolute Gasteiger partial charge is 0.307 e. The molecule has 0 saturated heterocycles. The average Bonchev–Trinajstić information content (AvgIpc) is 2.19. The van der Waals surface area contributed by atoms with Crippen molar-refractivity contribution >= 4 is 33.5 Å². The van der Waals surface area contributed by atoms with E-state index in [2.05, 4.69) is 21.2 Å². The minimum atomic E-state index is -1.07.